The second kappa shape index (κ2) is 7.57. The Kier molecular flexibility index (Phi) is 5.24. The topological polar surface area (TPSA) is 96.7 Å². The molecular formula is C16H16ClN5OS. The molecular weight excluding hydrogens is 346 g/mol. The minimum absolute atomic E-state index is 0.158. The molecule has 0 aliphatic rings. The molecule has 0 fully saturated rings. The van der Waals surface area contributed by atoms with Crippen LogP contribution < -0.4 is 11.1 Å². The largest absolute Gasteiger partial charge is 0.347 e. The van der Waals surface area contributed by atoms with E-state index in [9.17, 15) is 4.79 Å². The molecule has 0 aliphatic heterocycles. The van der Waals surface area contributed by atoms with Crippen molar-refractivity contribution in [2.75, 3.05) is 6.54 Å². The molecule has 24 heavy (non-hydrogen) atoms. The summed E-state index contributed by atoms with van der Waals surface area (Å²) >= 11 is 7.18. The number of carbonyl (C=O) groups excluding carboxylic acids is 1. The zero-order valence-electron chi connectivity index (χ0n) is 12.7. The fraction of sp³-hybridized carbons (Fsp3) is 0.188. The number of carbonyl (C=O) groups is 1. The Morgan fingerprint density at radius 1 is 1.33 bits per heavy atom. The lowest BCUT2D eigenvalue weighted by Crippen LogP contribution is -2.41. The minimum atomic E-state index is -0.182. The van der Waals surface area contributed by atoms with Gasteiger partial charge >= 0.3 is 0 Å². The molecule has 4 N–H and O–H groups in total. The van der Waals surface area contributed by atoms with E-state index < -0.39 is 0 Å². The highest BCUT2D eigenvalue weighted by atomic mass is 35.5. The van der Waals surface area contributed by atoms with Gasteiger partial charge in [0.25, 0.3) is 5.91 Å². The predicted molar refractivity (Wildman–Crippen MR) is 95.2 cm³/mol. The minimum Gasteiger partial charge on any atom is -0.347 e. The van der Waals surface area contributed by atoms with Crippen molar-refractivity contribution in [1.82, 2.24) is 20.5 Å². The molecule has 1 amide bonds. The number of benzene rings is 1. The van der Waals surface area contributed by atoms with Crippen LogP contribution in [0.4, 0.5) is 0 Å². The lowest BCUT2D eigenvalue weighted by atomic mass is 10.1. The zero-order chi connectivity index (χ0) is 16.9. The number of nitrogens with two attached hydrogens (primary N) is 1. The molecule has 0 saturated heterocycles. The van der Waals surface area contributed by atoms with Crippen molar-refractivity contribution >= 4 is 28.8 Å². The lowest BCUT2D eigenvalue weighted by Gasteiger charge is -2.16. The number of rotatable bonds is 6. The SMILES string of the molecule is NCC(Cc1ccc(Cl)cc1)NC(=O)c1cnc(-c2cc[nH]n2)s1. The summed E-state index contributed by atoms with van der Waals surface area (Å²) in [6.07, 6.45) is 3.91. The molecule has 0 aliphatic carbocycles. The second-order valence-corrected chi connectivity index (χ2v) is 6.69. The summed E-state index contributed by atoms with van der Waals surface area (Å²) in [6.45, 7) is 0.347. The van der Waals surface area contributed by atoms with Crippen molar-refractivity contribution in [2.24, 2.45) is 5.73 Å². The molecule has 2 heterocycles. The van der Waals surface area contributed by atoms with E-state index in [1.807, 2.05) is 30.3 Å². The first-order valence-corrected chi connectivity index (χ1v) is 8.56. The van der Waals surface area contributed by atoms with E-state index in [2.05, 4.69) is 20.5 Å². The molecule has 3 aromatic rings. The second-order valence-electron chi connectivity index (χ2n) is 5.23. The number of nitrogens with one attached hydrogen (secondary N) is 2. The molecule has 0 bridgehead atoms. The Morgan fingerprint density at radius 3 is 2.79 bits per heavy atom. The maximum Gasteiger partial charge on any atom is 0.263 e. The van der Waals surface area contributed by atoms with Crippen molar-refractivity contribution < 1.29 is 4.79 Å². The summed E-state index contributed by atoms with van der Waals surface area (Å²) in [5.74, 6) is -0.182. The monoisotopic (exact) mass is 361 g/mol. The predicted octanol–water partition coefficient (Wildman–Crippen LogP) is 2.49. The number of aromatic amines is 1. The van der Waals surface area contributed by atoms with E-state index in [1.54, 1.807) is 12.4 Å². The third-order valence-electron chi connectivity index (χ3n) is 3.46. The van der Waals surface area contributed by atoms with E-state index >= 15 is 0 Å². The summed E-state index contributed by atoms with van der Waals surface area (Å²) in [6, 6.07) is 9.16. The maximum atomic E-state index is 12.4. The maximum absolute atomic E-state index is 12.4. The van der Waals surface area contributed by atoms with Gasteiger partial charge < -0.3 is 11.1 Å². The number of nitrogens with zero attached hydrogens (tertiary/aromatic N) is 2. The van der Waals surface area contributed by atoms with Crippen LogP contribution in [-0.4, -0.2) is 33.7 Å². The highest BCUT2D eigenvalue weighted by molar-refractivity contribution is 7.16. The molecule has 0 spiro atoms. The van der Waals surface area contributed by atoms with Crippen molar-refractivity contribution in [3.63, 3.8) is 0 Å². The molecule has 1 unspecified atom stereocenters. The van der Waals surface area contributed by atoms with Gasteiger partial charge in [0.1, 0.15) is 15.6 Å². The standard InChI is InChI=1S/C16H16ClN5OS/c17-11-3-1-10(2-4-11)7-12(8-18)21-15(23)14-9-19-16(24-14)13-5-6-20-22-13/h1-6,9,12H,7-8,18H2,(H,20,22)(H,21,23). The number of aromatic nitrogens is 3. The number of hydrogen-bond donors (Lipinski definition) is 3. The van der Waals surface area contributed by atoms with Crippen LogP contribution in [0.2, 0.25) is 5.02 Å². The first kappa shape index (κ1) is 16.6. The summed E-state index contributed by atoms with van der Waals surface area (Å²) in [4.78, 5) is 17.2. The molecule has 0 saturated carbocycles. The lowest BCUT2D eigenvalue weighted by molar-refractivity contribution is 0.0942. The van der Waals surface area contributed by atoms with Crippen LogP contribution in [0, 0.1) is 0 Å². The van der Waals surface area contributed by atoms with Gasteiger partial charge in [-0.3, -0.25) is 9.89 Å². The first-order chi connectivity index (χ1) is 11.7. The normalized spacial score (nSPS) is 12.1. The van der Waals surface area contributed by atoms with Crippen molar-refractivity contribution in [2.45, 2.75) is 12.5 Å². The number of amides is 1. The van der Waals surface area contributed by atoms with Gasteiger partial charge in [-0.2, -0.15) is 5.10 Å². The van der Waals surface area contributed by atoms with E-state index in [-0.39, 0.29) is 11.9 Å². The Morgan fingerprint density at radius 2 is 2.12 bits per heavy atom. The van der Waals surface area contributed by atoms with E-state index in [0.717, 1.165) is 11.3 Å². The van der Waals surface area contributed by atoms with Crippen LogP contribution >= 0.6 is 22.9 Å². The third-order valence-corrected chi connectivity index (χ3v) is 4.74. The van der Waals surface area contributed by atoms with Gasteiger partial charge in [0.05, 0.1) is 6.20 Å². The summed E-state index contributed by atoms with van der Waals surface area (Å²) in [5, 5.41) is 11.1. The van der Waals surface area contributed by atoms with Gasteiger partial charge in [-0.25, -0.2) is 4.98 Å². The number of hydrogen-bond acceptors (Lipinski definition) is 5. The molecule has 1 aromatic carbocycles. The third kappa shape index (κ3) is 4.00. The fourth-order valence-electron chi connectivity index (χ4n) is 2.23. The first-order valence-electron chi connectivity index (χ1n) is 7.37. The van der Waals surface area contributed by atoms with Crippen molar-refractivity contribution in [1.29, 1.82) is 0 Å². The Hall–Kier alpha value is -2.22. The van der Waals surface area contributed by atoms with Crippen molar-refractivity contribution in [3.05, 3.63) is 58.2 Å². The van der Waals surface area contributed by atoms with E-state index in [1.165, 1.54) is 11.3 Å². The van der Waals surface area contributed by atoms with Gasteiger partial charge in [-0.05, 0) is 30.2 Å². The average Bonchev–Trinajstić information content (AvgIpc) is 3.27. The van der Waals surface area contributed by atoms with Gasteiger partial charge in [-0.1, -0.05) is 23.7 Å². The summed E-state index contributed by atoms with van der Waals surface area (Å²) in [7, 11) is 0. The number of halogens is 1. The highest BCUT2D eigenvalue weighted by Crippen LogP contribution is 2.23. The summed E-state index contributed by atoms with van der Waals surface area (Å²) in [5.41, 5.74) is 7.58. The van der Waals surface area contributed by atoms with E-state index in [4.69, 9.17) is 17.3 Å². The molecule has 8 heteroatoms. The number of H-pyrrole nitrogens is 1. The quantitative estimate of drug-likeness (QED) is 0.628. The molecule has 0 radical (unpaired) electrons. The van der Waals surface area contributed by atoms with Crippen LogP contribution in [0.1, 0.15) is 15.2 Å². The summed E-state index contributed by atoms with van der Waals surface area (Å²) < 4.78 is 0. The van der Waals surface area contributed by atoms with Crippen LogP contribution in [-0.2, 0) is 6.42 Å². The van der Waals surface area contributed by atoms with Crippen LogP contribution in [0.5, 0.6) is 0 Å². The van der Waals surface area contributed by atoms with Crippen LogP contribution in [0.3, 0.4) is 0 Å². The highest BCUT2D eigenvalue weighted by Gasteiger charge is 2.16. The zero-order valence-corrected chi connectivity index (χ0v) is 14.3. The van der Waals surface area contributed by atoms with Gasteiger partial charge in [0.15, 0.2) is 0 Å². The van der Waals surface area contributed by atoms with Crippen LogP contribution in [0.25, 0.3) is 10.7 Å². The Bertz CT molecular complexity index is 800. The van der Waals surface area contributed by atoms with Gasteiger partial charge in [0, 0.05) is 23.8 Å². The van der Waals surface area contributed by atoms with Crippen molar-refractivity contribution in [3.8, 4) is 10.7 Å². The van der Waals surface area contributed by atoms with Gasteiger partial charge in [-0.15, -0.1) is 11.3 Å². The molecule has 1 atom stereocenters. The molecule has 124 valence electrons. The van der Waals surface area contributed by atoms with Gasteiger partial charge in [0.2, 0.25) is 0 Å². The smallest absolute Gasteiger partial charge is 0.263 e. The number of thiazole rings is 1. The van der Waals surface area contributed by atoms with Crippen LogP contribution in [0.15, 0.2) is 42.7 Å². The fourth-order valence-corrected chi connectivity index (χ4v) is 3.15. The average molecular weight is 362 g/mol. The van der Waals surface area contributed by atoms with E-state index in [0.29, 0.717) is 27.9 Å². The molecule has 2 aromatic heterocycles. The Balaban J connectivity index is 1.65. The molecule has 3 rings (SSSR count). The molecule has 6 nitrogen and oxygen atoms in total. The Labute approximate surface area is 148 Å².